The van der Waals surface area contributed by atoms with Crippen LogP contribution in [0.25, 0.3) is 0 Å². The van der Waals surface area contributed by atoms with Crippen molar-refractivity contribution in [3.63, 3.8) is 0 Å². The van der Waals surface area contributed by atoms with Crippen molar-refractivity contribution in [1.29, 1.82) is 0 Å². The lowest BCUT2D eigenvalue weighted by Gasteiger charge is -2.26. The highest BCUT2D eigenvalue weighted by Crippen LogP contribution is 2.39. The maximum Gasteiger partial charge on any atom is 0.290 e. The first-order valence-electron chi connectivity index (χ1n) is 8.30. The number of carbonyl (C=O) groups is 1. The molecule has 0 spiro atoms. The SMILES string of the molecule is CN(Cc1n[nH]c2c1CCCC2)C1CCC(C)(C)C1.O=CO. The van der Waals surface area contributed by atoms with E-state index in [0.717, 1.165) is 12.6 Å². The van der Waals surface area contributed by atoms with Crippen molar-refractivity contribution in [1.82, 2.24) is 15.1 Å². The highest BCUT2D eigenvalue weighted by molar-refractivity contribution is 5.32. The molecule has 1 atom stereocenters. The lowest BCUT2D eigenvalue weighted by Crippen LogP contribution is -2.30. The summed E-state index contributed by atoms with van der Waals surface area (Å²) < 4.78 is 0. The van der Waals surface area contributed by atoms with Crippen molar-refractivity contribution in [2.45, 2.75) is 71.4 Å². The van der Waals surface area contributed by atoms with Gasteiger partial charge in [0.15, 0.2) is 0 Å². The molecule has 1 saturated carbocycles. The minimum atomic E-state index is -0.250. The largest absolute Gasteiger partial charge is 0.483 e. The van der Waals surface area contributed by atoms with Crippen LogP contribution in [-0.4, -0.2) is 39.8 Å². The summed E-state index contributed by atoms with van der Waals surface area (Å²) in [4.78, 5) is 10.9. The number of rotatable bonds is 3. The molecule has 0 bridgehead atoms. The molecule has 0 saturated heterocycles. The molecule has 22 heavy (non-hydrogen) atoms. The van der Waals surface area contributed by atoms with E-state index in [4.69, 9.17) is 9.90 Å². The van der Waals surface area contributed by atoms with E-state index in [1.165, 1.54) is 61.9 Å². The number of carboxylic acid groups (broad SMARTS) is 1. The number of hydrogen-bond acceptors (Lipinski definition) is 3. The Morgan fingerprint density at radius 3 is 2.73 bits per heavy atom. The molecule has 0 aromatic carbocycles. The first-order valence-corrected chi connectivity index (χ1v) is 8.30. The lowest BCUT2D eigenvalue weighted by molar-refractivity contribution is -0.122. The summed E-state index contributed by atoms with van der Waals surface area (Å²) in [6.45, 7) is 5.57. The van der Waals surface area contributed by atoms with Gasteiger partial charge >= 0.3 is 0 Å². The smallest absolute Gasteiger partial charge is 0.290 e. The molecule has 0 amide bonds. The maximum atomic E-state index is 8.36. The Hall–Kier alpha value is -1.36. The van der Waals surface area contributed by atoms with Crippen molar-refractivity contribution in [3.8, 4) is 0 Å². The first kappa shape index (κ1) is 17.0. The van der Waals surface area contributed by atoms with Gasteiger partial charge in [-0.25, -0.2) is 0 Å². The van der Waals surface area contributed by atoms with Gasteiger partial charge < -0.3 is 5.11 Å². The van der Waals surface area contributed by atoms with E-state index in [2.05, 4.69) is 36.0 Å². The number of fused-ring (bicyclic) bond motifs is 1. The van der Waals surface area contributed by atoms with Crippen LogP contribution in [0, 0.1) is 5.41 Å². The minimum Gasteiger partial charge on any atom is -0.483 e. The van der Waals surface area contributed by atoms with Crippen LogP contribution < -0.4 is 0 Å². The number of nitrogens with one attached hydrogen (secondary N) is 1. The van der Waals surface area contributed by atoms with Crippen LogP contribution in [-0.2, 0) is 24.2 Å². The van der Waals surface area contributed by atoms with Crippen molar-refractivity contribution in [3.05, 3.63) is 17.0 Å². The second-order valence-corrected chi connectivity index (χ2v) is 7.42. The Morgan fingerprint density at radius 1 is 1.41 bits per heavy atom. The number of hydrogen-bond donors (Lipinski definition) is 2. The van der Waals surface area contributed by atoms with Crippen molar-refractivity contribution in [2.24, 2.45) is 5.41 Å². The van der Waals surface area contributed by atoms with Crippen molar-refractivity contribution >= 4 is 6.47 Å². The minimum absolute atomic E-state index is 0.250. The molecule has 124 valence electrons. The Labute approximate surface area is 133 Å². The van der Waals surface area contributed by atoms with E-state index in [1.807, 2.05) is 0 Å². The Balaban J connectivity index is 0.000000545. The van der Waals surface area contributed by atoms with Gasteiger partial charge in [0.25, 0.3) is 6.47 Å². The van der Waals surface area contributed by atoms with Gasteiger partial charge in [0.1, 0.15) is 0 Å². The zero-order valence-electron chi connectivity index (χ0n) is 14.1. The Morgan fingerprint density at radius 2 is 2.09 bits per heavy atom. The Kier molecular flexibility index (Phi) is 5.62. The standard InChI is InChI=1S/C16H27N3.CH2O2/c1-16(2)9-8-12(10-16)19(3)11-15-13-6-4-5-7-14(13)17-18-15;2-1-3/h12H,4-11H2,1-3H3,(H,17,18);1H,(H,2,3). The molecule has 0 radical (unpaired) electrons. The van der Waals surface area contributed by atoms with Gasteiger partial charge in [0.05, 0.1) is 5.69 Å². The van der Waals surface area contributed by atoms with Gasteiger partial charge in [-0.3, -0.25) is 14.8 Å². The predicted octanol–water partition coefficient (Wildman–Crippen LogP) is 3.00. The van der Waals surface area contributed by atoms with Crippen molar-refractivity contribution in [2.75, 3.05) is 7.05 Å². The second-order valence-electron chi connectivity index (χ2n) is 7.42. The van der Waals surface area contributed by atoms with Gasteiger partial charge in [-0.15, -0.1) is 0 Å². The molecule has 1 aromatic rings. The molecule has 5 nitrogen and oxygen atoms in total. The third-order valence-electron chi connectivity index (χ3n) is 5.11. The molecule has 2 N–H and O–H groups in total. The summed E-state index contributed by atoms with van der Waals surface area (Å²) in [7, 11) is 2.27. The number of aryl methyl sites for hydroxylation is 1. The molecule has 1 unspecified atom stereocenters. The third-order valence-corrected chi connectivity index (χ3v) is 5.11. The van der Waals surface area contributed by atoms with Crippen LogP contribution in [0.1, 0.15) is 62.9 Å². The molecular weight excluding hydrogens is 278 g/mol. The van der Waals surface area contributed by atoms with Crippen molar-refractivity contribution < 1.29 is 9.90 Å². The summed E-state index contributed by atoms with van der Waals surface area (Å²) >= 11 is 0. The molecule has 2 aliphatic carbocycles. The summed E-state index contributed by atoms with van der Waals surface area (Å²) in [6.07, 6.45) is 9.11. The molecule has 1 aromatic heterocycles. The fourth-order valence-electron chi connectivity index (χ4n) is 3.82. The highest BCUT2D eigenvalue weighted by Gasteiger charge is 2.33. The van der Waals surface area contributed by atoms with Crippen LogP contribution in [0.5, 0.6) is 0 Å². The van der Waals surface area contributed by atoms with E-state index in [-0.39, 0.29) is 6.47 Å². The van der Waals surface area contributed by atoms with Gasteiger partial charge in [-0.2, -0.15) is 5.10 Å². The van der Waals surface area contributed by atoms with E-state index in [0.29, 0.717) is 5.41 Å². The van der Waals surface area contributed by atoms with Crippen LogP contribution in [0.3, 0.4) is 0 Å². The van der Waals surface area contributed by atoms with E-state index in [9.17, 15) is 0 Å². The monoisotopic (exact) mass is 307 g/mol. The lowest BCUT2D eigenvalue weighted by atomic mass is 9.91. The molecule has 5 heteroatoms. The second kappa shape index (κ2) is 7.27. The summed E-state index contributed by atoms with van der Waals surface area (Å²) in [5, 5.41) is 14.7. The fourth-order valence-corrected chi connectivity index (χ4v) is 3.82. The molecule has 0 aliphatic heterocycles. The third kappa shape index (κ3) is 4.09. The molecular formula is C17H29N3O2. The normalized spacial score (nSPS) is 22.8. The number of aromatic nitrogens is 2. The number of aromatic amines is 1. The van der Waals surface area contributed by atoms with Crippen LogP contribution in [0.4, 0.5) is 0 Å². The molecule has 1 fully saturated rings. The number of H-pyrrole nitrogens is 1. The van der Waals surface area contributed by atoms with Gasteiger partial charge in [-0.05, 0) is 63.0 Å². The van der Waals surface area contributed by atoms with E-state index >= 15 is 0 Å². The average Bonchev–Trinajstić information content (AvgIpc) is 3.04. The quantitative estimate of drug-likeness (QED) is 0.842. The van der Waals surface area contributed by atoms with Crippen LogP contribution in [0.15, 0.2) is 0 Å². The average molecular weight is 307 g/mol. The Bertz CT molecular complexity index is 496. The first-order chi connectivity index (χ1) is 10.5. The highest BCUT2D eigenvalue weighted by atomic mass is 16.3. The van der Waals surface area contributed by atoms with E-state index in [1.54, 1.807) is 0 Å². The van der Waals surface area contributed by atoms with Gasteiger partial charge in [0, 0.05) is 18.3 Å². The molecule has 2 aliphatic rings. The predicted molar refractivity (Wildman–Crippen MR) is 86.8 cm³/mol. The summed E-state index contributed by atoms with van der Waals surface area (Å²) in [6, 6.07) is 0.742. The van der Waals surface area contributed by atoms with Crippen LogP contribution >= 0.6 is 0 Å². The van der Waals surface area contributed by atoms with Gasteiger partial charge in [0.2, 0.25) is 0 Å². The topological polar surface area (TPSA) is 69.2 Å². The zero-order valence-corrected chi connectivity index (χ0v) is 14.1. The fraction of sp³-hybridized carbons (Fsp3) is 0.765. The molecule has 1 heterocycles. The summed E-state index contributed by atoms with van der Waals surface area (Å²) in [5.74, 6) is 0. The zero-order chi connectivity index (χ0) is 16.2. The maximum absolute atomic E-state index is 8.36. The van der Waals surface area contributed by atoms with E-state index < -0.39 is 0 Å². The summed E-state index contributed by atoms with van der Waals surface area (Å²) in [5.41, 5.74) is 4.77. The molecule has 3 rings (SSSR count). The van der Waals surface area contributed by atoms with Gasteiger partial charge in [-0.1, -0.05) is 13.8 Å². The number of nitrogens with zero attached hydrogens (tertiary/aromatic N) is 2. The van der Waals surface area contributed by atoms with Crippen LogP contribution in [0.2, 0.25) is 0 Å².